The van der Waals surface area contributed by atoms with Crippen LogP contribution in [0.5, 0.6) is 11.5 Å². The highest BCUT2D eigenvalue weighted by Gasteiger charge is 2.48. The summed E-state index contributed by atoms with van der Waals surface area (Å²) in [6, 6.07) is 5.61. The van der Waals surface area contributed by atoms with Crippen LogP contribution in [0.25, 0.3) is 0 Å². The van der Waals surface area contributed by atoms with E-state index in [9.17, 15) is 9.90 Å². The van der Waals surface area contributed by atoms with Crippen molar-refractivity contribution in [2.45, 2.75) is 38.7 Å². The average Bonchev–Trinajstić information content (AvgIpc) is 2.91. The second-order valence-corrected chi connectivity index (χ2v) is 6.92. The maximum Gasteiger partial charge on any atom is 0.161 e. The molecule has 6 heteroatoms. The summed E-state index contributed by atoms with van der Waals surface area (Å²) >= 11 is 0. The Hall–Kier alpha value is -2.34. The Morgan fingerprint density at radius 1 is 1.32 bits per heavy atom. The van der Waals surface area contributed by atoms with Crippen molar-refractivity contribution in [3.63, 3.8) is 0 Å². The zero-order chi connectivity index (χ0) is 18.4. The molecule has 1 heterocycles. The maximum absolute atomic E-state index is 12.5. The number of ether oxygens (including phenoxy) is 2. The zero-order valence-corrected chi connectivity index (χ0v) is 15.2. The third-order valence-corrected chi connectivity index (χ3v) is 5.12. The largest absolute Gasteiger partial charge is 0.493 e. The van der Waals surface area contributed by atoms with E-state index in [1.165, 1.54) is 6.92 Å². The van der Waals surface area contributed by atoms with Gasteiger partial charge < -0.3 is 14.6 Å². The number of hydrogen-bond acceptors (Lipinski definition) is 5. The topological polar surface area (TPSA) is 84.4 Å². The van der Waals surface area contributed by atoms with Crippen molar-refractivity contribution in [1.82, 2.24) is 10.2 Å². The van der Waals surface area contributed by atoms with Gasteiger partial charge in [0.05, 0.1) is 31.4 Å². The predicted octanol–water partition coefficient (Wildman–Crippen LogP) is 2.38. The highest BCUT2D eigenvalue weighted by atomic mass is 16.5. The van der Waals surface area contributed by atoms with E-state index in [0.717, 1.165) is 22.5 Å². The van der Waals surface area contributed by atoms with Gasteiger partial charge in [-0.3, -0.25) is 9.89 Å². The van der Waals surface area contributed by atoms with E-state index in [1.807, 2.05) is 25.1 Å². The van der Waals surface area contributed by atoms with E-state index in [0.29, 0.717) is 17.9 Å². The number of aryl methyl sites for hydroxylation is 1. The zero-order valence-electron chi connectivity index (χ0n) is 15.2. The molecule has 0 fully saturated rings. The number of H-pyrrole nitrogens is 1. The number of nitrogens with zero attached hydrogens (tertiary/aromatic N) is 1. The number of methoxy groups -OCH3 is 2. The summed E-state index contributed by atoms with van der Waals surface area (Å²) in [7, 11) is 3.16. The van der Waals surface area contributed by atoms with E-state index >= 15 is 0 Å². The monoisotopic (exact) mass is 344 g/mol. The number of hydrogen-bond donors (Lipinski definition) is 2. The summed E-state index contributed by atoms with van der Waals surface area (Å²) < 4.78 is 10.7. The van der Waals surface area contributed by atoms with Gasteiger partial charge in [-0.05, 0) is 38.5 Å². The van der Waals surface area contributed by atoms with Gasteiger partial charge in [0.2, 0.25) is 0 Å². The van der Waals surface area contributed by atoms with Crippen LogP contribution in [-0.2, 0) is 11.2 Å². The van der Waals surface area contributed by atoms with Gasteiger partial charge in [-0.25, -0.2) is 0 Å². The van der Waals surface area contributed by atoms with Crippen LogP contribution in [0.15, 0.2) is 18.2 Å². The molecule has 0 aliphatic heterocycles. The molecule has 2 N–H and O–H groups in total. The van der Waals surface area contributed by atoms with E-state index in [4.69, 9.17) is 9.47 Å². The Bertz CT molecular complexity index is 810. The smallest absolute Gasteiger partial charge is 0.161 e. The maximum atomic E-state index is 12.5. The van der Waals surface area contributed by atoms with Gasteiger partial charge in [0.1, 0.15) is 5.78 Å². The summed E-state index contributed by atoms with van der Waals surface area (Å²) in [5.74, 6) is 0.313. The first kappa shape index (κ1) is 17.5. The van der Waals surface area contributed by atoms with E-state index in [1.54, 1.807) is 21.1 Å². The van der Waals surface area contributed by atoms with Crippen LogP contribution in [0.2, 0.25) is 0 Å². The Balaban J connectivity index is 2.23. The lowest BCUT2D eigenvalue weighted by Gasteiger charge is -2.41. The fraction of sp³-hybridized carbons (Fsp3) is 0.474. The number of benzene rings is 1. The molecule has 1 aromatic carbocycles. The molecule has 3 rings (SSSR count). The van der Waals surface area contributed by atoms with Gasteiger partial charge in [-0.2, -0.15) is 5.10 Å². The van der Waals surface area contributed by atoms with Gasteiger partial charge in [-0.15, -0.1) is 0 Å². The minimum Gasteiger partial charge on any atom is -0.493 e. The van der Waals surface area contributed by atoms with Crippen molar-refractivity contribution in [3.05, 3.63) is 40.7 Å². The summed E-state index contributed by atoms with van der Waals surface area (Å²) in [6.07, 6.45) is 0.348. The van der Waals surface area contributed by atoms with Crippen molar-refractivity contribution >= 4 is 5.78 Å². The molecule has 0 radical (unpaired) electrons. The first-order valence-electron chi connectivity index (χ1n) is 8.28. The fourth-order valence-corrected chi connectivity index (χ4v) is 4.09. The number of aliphatic hydroxyl groups is 1. The molecule has 0 saturated heterocycles. The highest BCUT2D eigenvalue weighted by Crippen LogP contribution is 2.47. The van der Waals surface area contributed by atoms with Crippen LogP contribution in [0.4, 0.5) is 0 Å². The average molecular weight is 344 g/mol. The standard InChI is InChI=1S/C19H24N2O4/c1-10-16-13(21-20-10)9-19(3,23)18(11(2)22)17(16)12-6-7-14(24-4)15(8-12)25-5/h6-8,17-18,23H,9H2,1-5H3,(H,20,21)/t17?,18?,19-/m1/s1. The third-order valence-electron chi connectivity index (χ3n) is 5.12. The second-order valence-electron chi connectivity index (χ2n) is 6.92. The predicted molar refractivity (Wildman–Crippen MR) is 93.2 cm³/mol. The Kier molecular flexibility index (Phi) is 4.33. The first-order chi connectivity index (χ1) is 11.8. The quantitative estimate of drug-likeness (QED) is 0.889. The molecule has 0 saturated carbocycles. The lowest BCUT2D eigenvalue weighted by molar-refractivity contribution is -0.130. The molecule has 6 nitrogen and oxygen atoms in total. The lowest BCUT2D eigenvalue weighted by atomic mass is 9.64. The minimum atomic E-state index is -1.17. The number of carbonyl (C=O) groups is 1. The molecule has 1 aliphatic carbocycles. The number of aromatic amines is 1. The van der Waals surface area contributed by atoms with E-state index in [-0.39, 0.29) is 11.7 Å². The number of nitrogens with one attached hydrogen (secondary N) is 1. The molecule has 0 spiro atoms. The van der Waals surface area contributed by atoms with Crippen molar-refractivity contribution < 1.29 is 19.4 Å². The molecule has 134 valence electrons. The SMILES string of the molecule is COc1ccc(C2c3c(n[nH]c3C)C[C@@](C)(O)C2C(C)=O)cc1OC. The summed E-state index contributed by atoms with van der Waals surface area (Å²) in [5.41, 5.74) is 2.43. The van der Waals surface area contributed by atoms with E-state index in [2.05, 4.69) is 10.2 Å². The van der Waals surface area contributed by atoms with Crippen molar-refractivity contribution in [2.75, 3.05) is 14.2 Å². The van der Waals surface area contributed by atoms with Crippen LogP contribution < -0.4 is 9.47 Å². The number of aromatic nitrogens is 2. The van der Waals surface area contributed by atoms with Crippen LogP contribution >= 0.6 is 0 Å². The van der Waals surface area contributed by atoms with Crippen molar-refractivity contribution in [2.24, 2.45) is 5.92 Å². The van der Waals surface area contributed by atoms with Gasteiger partial charge >= 0.3 is 0 Å². The summed E-state index contributed by atoms with van der Waals surface area (Å²) in [4.78, 5) is 12.5. The van der Waals surface area contributed by atoms with Crippen LogP contribution in [0.1, 0.15) is 42.3 Å². The molecule has 1 aromatic heterocycles. The van der Waals surface area contributed by atoms with Gasteiger partial charge in [0.25, 0.3) is 0 Å². The minimum absolute atomic E-state index is 0.0453. The molecule has 3 atom stereocenters. The Labute approximate surface area is 147 Å². The molecule has 0 bridgehead atoms. The number of Topliss-reactive ketones (excluding diaryl/α,β-unsaturated/α-hetero) is 1. The fourth-order valence-electron chi connectivity index (χ4n) is 4.09. The molecule has 2 aromatic rings. The van der Waals surface area contributed by atoms with Crippen LogP contribution in [0, 0.1) is 12.8 Å². The second kappa shape index (κ2) is 6.19. The number of rotatable bonds is 4. The van der Waals surface area contributed by atoms with Crippen molar-refractivity contribution in [1.29, 1.82) is 0 Å². The lowest BCUT2D eigenvalue weighted by Crippen LogP contribution is -2.48. The third kappa shape index (κ3) is 2.80. The first-order valence-corrected chi connectivity index (χ1v) is 8.28. The highest BCUT2D eigenvalue weighted by molar-refractivity contribution is 5.82. The van der Waals surface area contributed by atoms with Crippen LogP contribution in [-0.4, -0.2) is 40.9 Å². The molecule has 2 unspecified atom stereocenters. The molecular formula is C19H24N2O4. The number of carbonyl (C=O) groups excluding carboxylic acids is 1. The molecule has 1 aliphatic rings. The van der Waals surface area contributed by atoms with Gasteiger partial charge in [0.15, 0.2) is 11.5 Å². The molecule has 25 heavy (non-hydrogen) atoms. The van der Waals surface area contributed by atoms with Gasteiger partial charge in [0, 0.05) is 23.6 Å². The van der Waals surface area contributed by atoms with Crippen molar-refractivity contribution in [3.8, 4) is 11.5 Å². The van der Waals surface area contributed by atoms with E-state index < -0.39 is 11.5 Å². The molecular weight excluding hydrogens is 320 g/mol. The Morgan fingerprint density at radius 3 is 2.60 bits per heavy atom. The summed E-state index contributed by atoms with van der Waals surface area (Å²) in [6.45, 7) is 5.18. The number of ketones is 1. The Morgan fingerprint density at radius 2 is 2.00 bits per heavy atom. The normalized spacial score (nSPS) is 25.4. The summed E-state index contributed by atoms with van der Waals surface area (Å²) in [5, 5.41) is 18.3. The number of fused-ring (bicyclic) bond motifs is 1. The van der Waals surface area contributed by atoms with Gasteiger partial charge in [-0.1, -0.05) is 6.07 Å². The van der Waals surface area contributed by atoms with Crippen LogP contribution in [0.3, 0.4) is 0 Å². The molecule has 0 amide bonds.